The molecule has 1 amide bonds. The predicted molar refractivity (Wildman–Crippen MR) is 85.7 cm³/mol. The summed E-state index contributed by atoms with van der Waals surface area (Å²) >= 11 is 3.44. The van der Waals surface area contributed by atoms with E-state index in [1.54, 1.807) is 13.2 Å². The van der Waals surface area contributed by atoms with Gasteiger partial charge in [0.25, 0.3) is 5.91 Å². The van der Waals surface area contributed by atoms with Crippen molar-refractivity contribution in [3.63, 3.8) is 0 Å². The molecule has 0 aromatic heterocycles. The molecule has 1 aliphatic carbocycles. The molecule has 1 N–H and O–H groups in total. The summed E-state index contributed by atoms with van der Waals surface area (Å²) in [6.45, 7) is 0.372. The van der Waals surface area contributed by atoms with Gasteiger partial charge in [-0.25, -0.2) is 0 Å². The molecule has 0 saturated heterocycles. The van der Waals surface area contributed by atoms with Crippen LogP contribution < -0.4 is 4.74 Å². The summed E-state index contributed by atoms with van der Waals surface area (Å²) in [4.78, 5) is 14.7. The number of halogens is 1. The number of hydrogen-bond donors (Lipinski definition) is 1. The van der Waals surface area contributed by atoms with Crippen LogP contribution in [-0.4, -0.2) is 42.2 Å². The van der Waals surface area contributed by atoms with E-state index in [1.165, 1.54) is 6.42 Å². The second-order valence-corrected chi connectivity index (χ2v) is 6.21. The number of rotatable bonds is 5. The summed E-state index contributed by atoms with van der Waals surface area (Å²) in [5.74, 6) is 0.621. The number of aliphatic hydroxyl groups is 1. The van der Waals surface area contributed by atoms with Crippen LogP contribution in [0, 0.1) is 0 Å². The lowest BCUT2D eigenvalue weighted by Crippen LogP contribution is -2.43. The van der Waals surface area contributed by atoms with E-state index in [0.29, 0.717) is 17.9 Å². The molecule has 116 valence electrons. The Balaban J connectivity index is 2.24. The van der Waals surface area contributed by atoms with E-state index in [-0.39, 0.29) is 18.6 Å². The van der Waals surface area contributed by atoms with Gasteiger partial charge in [-0.3, -0.25) is 4.79 Å². The first-order valence-corrected chi connectivity index (χ1v) is 8.22. The molecular formula is C16H22BrNO3. The molecule has 0 spiro atoms. The Kier molecular flexibility index (Phi) is 6.06. The molecule has 0 bridgehead atoms. The van der Waals surface area contributed by atoms with Crippen molar-refractivity contribution in [2.24, 2.45) is 0 Å². The van der Waals surface area contributed by atoms with E-state index in [2.05, 4.69) is 15.9 Å². The maximum atomic E-state index is 12.9. The van der Waals surface area contributed by atoms with Crippen LogP contribution in [0.5, 0.6) is 5.75 Å². The number of methoxy groups -OCH3 is 1. The van der Waals surface area contributed by atoms with E-state index >= 15 is 0 Å². The monoisotopic (exact) mass is 355 g/mol. The standard InChI is InChI=1S/C16H22BrNO3/c1-21-13-7-8-15(17)14(11-13)16(20)18(9-10-19)12-5-3-2-4-6-12/h7-8,11-12,19H,2-6,9-10H2,1H3. The smallest absolute Gasteiger partial charge is 0.255 e. The van der Waals surface area contributed by atoms with Gasteiger partial charge in [-0.15, -0.1) is 0 Å². The maximum Gasteiger partial charge on any atom is 0.255 e. The van der Waals surface area contributed by atoms with Gasteiger partial charge in [0.2, 0.25) is 0 Å². The summed E-state index contributed by atoms with van der Waals surface area (Å²) in [6.07, 6.45) is 5.58. The number of carbonyl (C=O) groups is 1. The average Bonchev–Trinajstić information content (AvgIpc) is 2.53. The van der Waals surface area contributed by atoms with Crippen molar-refractivity contribution in [3.05, 3.63) is 28.2 Å². The summed E-state index contributed by atoms with van der Waals surface area (Å²) < 4.78 is 5.96. The topological polar surface area (TPSA) is 49.8 Å². The number of nitrogens with zero attached hydrogens (tertiary/aromatic N) is 1. The quantitative estimate of drug-likeness (QED) is 0.881. The highest BCUT2D eigenvalue weighted by atomic mass is 79.9. The Bertz CT molecular complexity index is 486. The number of ether oxygens (including phenoxy) is 1. The van der Waals surface area contributed by atoms with Crippen LogP contribution in [0.1, 0.15) is 42.5 Å². The van der Waals surface area contributed by atoms with Gasteiger partial charge in [0, 0.05) is 17.1 Å². The largest absolute Gasteiger partial charge is 0.497 e. The lowest BCUT2D eigenvalue weighted by atomic mass is 9.93. The molecule has 0 atom stereocenters. The summed E-state index contributed by atoms with van der Waals surface area (Å²) in [5, 5.41) is 9.30. The highest BCUT2D eigenvalue weighted by Gasteiger charge is 2.27. The van der Waals surface area contributed by atoms with Gasteiger partial charge in [-0.1, -0.05) is 19.3 Å². The lowest BCUT2D eigenvalue weighted by molar-refractivity contribution is 0.0584. The third kappa shape index (κ3) is 3.98. The fraction of sp³-hybridized carbons (Fsp3) is 0.562. The van der Waals surface area contributed by atoms with E-state index < -0.39 is 0 Å². The normalized spacial score (nSPS) is 15.8. The number of carbonyl (C=O) groups excluding carboxylic acids is 1. The molecule has 5 heteroatoms. The van der Waals surface area contributed by atoms with Gasteiger partial charge in [0.1, 0.15) is 5.75 Å². The number of amides is 1. The second-order valence-electron chi connectivity index (χ2n) is 5.36. The maximum absolute atomic E-state index is 12.9. The molecule has 0 unspecified atom stereocenters. The molecule has 1 aliphatic rings. The molecule has 4 nitrogen and oxygen atoms in total. The van der Waals surface area contributed by atoms with Crippen molar-refractivity contribution in [1.82, 2.24) is 4.90 Å². The minimum atomic E-state index is -0.0401. The summed E-state index contributed by atoms with van der Waals surface area (Å²) in [6, 6.07) is 5.62. The van der Waals surface area contributed by atoms with E-state index in [9.17, 15) is 9.90 Å². The van der Waals surface area contributed by atoms with Crippen LogP contribution in [0.25, 0.3) is 0 Å². The Hall–Kier alpha value is -1.07. The number of hydrogen-bond acceptors (Lipinski definition) is 3. The molecular weight excluding hydrogens is 334 g/mol. The number of benzene rings is 1. The first-order valence-electron chi connectivity index (χ1n) is 7.42. The zero-order valence-corrected chi connectivity index (χ0v) is 13.9. The van der Waals surface area contributed by atoms with Gasteiger partial charge in [-0.05, 0) is 47.0 Å². The highest BCUT2D eigenvalue weighted by molar-refractivity contribution is 9.10. The van der Waals surface area contributed by atoms with E-state index in [0.717, 1.165) is 30.2 Å². The third-order valence-electron chi connectivity index (χ3n) is 4.02. The lowest BCUT2D eigenvalue weighted by Gasteiger charge is -2.34. The van der Waals surface area contributed by atoms with Gasteiger partial charge in [0.05, 0.1) is 19.3 Å². The van der Waals surface area contributed by atoms with Crippen molar-refractivity contribution in [1.29, 1.82) is 0 Å². The molecule has 1 aromatic carbocycles. The van der Waals surface area contributed by atoms with Gasteiger partial charge in [-0.2, -0.15) is 0 Å². The Labute approximate surface area is 134 Å². The van der Waals surface area contributed by atoms with Gasteiger partial charge >= 0.3 is 0 Å². The van der Waals surface area contributed by atoms with E-state index in [1.807, 2.05) is 17.0 Å². The van der Waals surface area contributed by atoms with Gasteiger partial charge < -0.3 is 14.7 Å². The zero-order valence-electron chi connectivity index (χ0n) is 12.3. The fourth-order valence-corrected chi connectivity index (χ4v) is 3.32. The highest BCUT2D eigenvalue weighted by Crippen LogP contribution is 2.28. The molecule has 0 radical (unpaired) electrons. The Morgan fingerprint density at radius 2 is 2.10 bits per heavy atom. The second kappa shape index (κ2) is 7.80. The van der Waals surface area contributed by atoms with E-state index in [4.69, 9.17) is 4.74 Å². The van der Waals surface area contributed by atoms with Crippen molar-refractivity contribution < 1.29 is 14.6 Å². The predicted octanol–water partition coefficient (Wildman–Crippen LogP) is 3.22. The van der Waals surface area contributed by atoms with Crippen LogP contribution in [0.15, 0.2) is 22.7 Å². The Morgan fingerprint density at radius 3 is 2.71 bits per heavy atom. The van der Waals surface area contributed by atoms with Crippen molar-refractivity contribution >= 4 is 21.8 Å². The van der Waals surface area contributed by atoms with Gasteiger partial charge in [0.15, 0.2) is 0 Å². The summed E-state index contributed by atoms with van der Waals surface area (Å²) in [7, 11) is 1.59. The molecule has 0 heterocycles. The van der Waals surface area contributed by atoms with Crippen LogP contribution in [0.2, 0.25) is 0 Å². The minimum Gasteiger partial charge on any atom is -0.497 e. The van der Waals surface area contributed by atoms with Crippen LogP contribution in [0.4, 0.5) is 0 Å². The molecule has 0 aliphatic heterocycles. The number of aliphatic hydroxyl groups excluding tert-OH is 1. The molecule has 1 fully saturated rings. The molecule has 2 rings (SSSR count). The van der Waals surface area contributed by atoms with Crippen molar-refractivity contribution in [2.75, 3.05) is 20.3 Å². The molecule has 1 aromatic rings. The van der Waals surface area contributed by atoms with Crippen LogP contribution in [-0.2, 0) is 0 Å². The van der Waals surface area contributed by atoms with Crippen molar-refractivity contribution in [2.45, 2.75) is 38.1 Å². The average molecular weight is 356 g/mol. The first-order chi connectivity index (χ1) is 10.2. The third-order valence-corrected chi connectivity index (χ3v) is 4.71. The first kappa shape index (κ1) is 16.3. The van der Waals surface area contributed by atoms with Crippen LogP contribution >= 0.6 is 15.9 Å². The van der Waals surface area contributed by atoms with Crippen molar-refractivity contribution in [3.8, 4) is 5.75 Å². The molecule has 1 saturated carbocycles. The van der Waals surface area contributed by atoms with Crippen LogP contribution in [0.3, 0.4) is 0 Å². The summed E-state index contributed by atoms with van der Waals surface area (Å²) in [5.41, 5.74) is 0.591. The fourth-order valence-electron chi connectivity index (χ4n) is 2.90. The minimum absolute atomic E-state index is 0.0101. The zero-order chi connectivity index (χ0) is 15.2. The SMILES string of the molecule is COc1ccc(Br)c(C(=O)N(CCO)C2CCCCC2)c1. The molecule has 21 heavy (non-hydrogen) atoms. The Morgan fingerprint density at radius 1 is 1.38 bits per heavy atom.